The predicted octanol–water partition coefficient (Wildman–Crippen LogP) is 3.98. The number of aromatic nitrogens is 2. The molecule has 3 heterocycles. The molecule has 7 heteroatoms. The molecule has 0 aliphatic rings. The van der Waals surface area contributed by atoms with Crippen LogP contribution in [0.15, 0.2) is 51.4 Å². The molecule has 0 aliphatic carbocycles. The van der Waals surface area contributed by atoms with E-state index in [2.05, 4.69) is 26.3 Å². The number of fused-ring (bicyclic) bond motifs is 1. The lowest BCUT2D eigenvalue weighted by atomic mass is 10.1. The second-order valence-electron chi connectivity index (χ2n) is 6.55. The molecule has 0 bridgehead atoms. The first-order chi connectivity index (χ1) is 13.0. The number of aromatic amines is 1. The Hall–Kier alpha value is -2.90. The van der Waals surface area contributed by atoms with Crippen LogP contribution in [0.2, 0.25) is 0 Å². The summed E-state index contributed by atoms with van der Waals surface area (Å²) in [5, 5.41) is 2.64. The second kappa shape index (κ2) is 7.02. The smallest absolute Gasteiger partial charge is 0.190 e. The maximum absolute atomic E-state index is 12.8. The Balaban J connectivity index is 1.83. The van der Waals surface area contributed by atoms with Crippen molar-refractivity contribution in [1.29, 1.82) is 0 Å². The Morgan fingerprint density at radius 3 is 2.81 bits per heavy atom. The van der Waals surface area contributed by atoms with Crippen molar-refractivity contribution in [3.8, 4) is 28.3 Å². The fourth-order valence-corrected chi connectivity index (χ4v) is 4.06. The molecule has 0 unspecified atom stereocenters. The number of methoxy groups -OCH3 is 1. The maximum atomic E-state index is 12.8. The van der Waals surface area contributed by atoms with Crippen LogP contribution in [0, 0.1) is 0 Å². The van der Waals surface area contributed by atoms with E-state index in [4.69, 9.17) is 9.15 Å². The first-order valence-corrected chi connectivity index (χ1v) is 9.29. The number of benzene rings is 1. The second-order valence-corrected chi connectivity index (χ2v) is 7.55. The summed E-state index contributed by atoms with van der Waals surface area (Å²) in [6, 6.07) is 7.36. The molecular formula is C20H19N3O3S. The molecule has 3 aromatic heterocycles. The zero-order valence-corrected chi connectivity index (χ0v) is 16.1. The number of nitrogens with one attached hydrogen (secondary N) is 1. The van der Waals surface area contributed by atoms with Gasteiger partial charge in [0.25, 0.3) is 0 Å². The van der Waals surface area contributed by atoms with E-state index in [1.165, 1.54) is 11.3 Å². The summed E-state index contributed by atoms with van der Waals surface area (Å²) in [5.41, 5.74) is 3.17. The number of hydrogen-bond donors (Lipinski definition) is 1. The van der Waals surface area contributed by atoms with Gasteiger partial charge in [0.2, 0.25) is 0 Å². The van der Waals surface area contributed by atoms with Crippen molar-refractivity contribution < 1.29 is 9.15 Å². The lowest BCUT2D eigenvalue weighted by molar-refractivity contribution is 0.406. The fourth-order valence-electron chi connectivity index (χ4n) is 3.06. The topological polar surface area (TPSA) is 71.4 Å². The van der Waals surface area contributed by atoms with Gasteiger partial charge in [0.05, 0.1) is 30.1 Å². The van der Waals surface area contributed by atoms with Crippen molar-refractivity contribution in [3.05, 3.63) is 57.3 Å². The fraction of sp³-hybridized carbons (Fsp3) is 0.200. The summed E-state index contributed by atoms with van der Waals surface area (Å²) in [6.07, 6.45) is 2.96. The van der Waals surface area contributed by atoms with Gasteiger partial charge in [-0.1, -0.05) is 0 Å². The minimum atomic E-state index is -0.0532. The lowest BCUT2D eigenvalue weighted by Gasteiger charge is -2.09. The summed E-state index contributed by atoms with van der Waals surface area (Å²) in [6.45, 7) is 0.872. The van der Waals surface area contributed by atoms with Crippen molar-refractivity contribution in [2.75, 3.05) is 21.2 Å². The molecule has 138 valence electrons. The third-order valence-corrected chi connectivity index (χ3v) is 5.21. The van der Waals surface area contributed by atoms with Crippen LogP contribution in [0.1, 0.15) is 4.88 Å². The standard InChI is InChI=1S/C20H19N3O3S/c1-23(2)9-13-4-12(10-27-13)16-6-18(24)14-5-15(20-8-21-11-26-20)19(25-3)7-17(14)22-16/h4-8,10-11H,9H2,1-3H3,(H,22,24). The molecule has 1 N–H and O–H groups in total. The third kappa shape index (κ3) is 3.39. The quantitative estimate of drug-likeness (QED) is 0.566. The molecular weight excluding hydrogens is 362 g/mol. The minimum absolute atomic E-state index is 0.0532. The Bertz CT molecular complexity index is 1140. The van der Waals surface area contributed by atoms with Crippen molar-refractivity contribution in [3.63, 3.8) is 0 Å². The molecule has 4 aromatic rings. The van der Waals surface area contributed by atoms with E-state index in [9.17, 15) is 4.79 Å². The van der Waals surface area contributed by atoms with E-state index < -0.39 is 0 Å². The van der Waals surface area contributed by atoms with E-state index in [0.29, 0.717) is 22.5 Å². The highest BCUT2D eigenvalue weighted by Crippen LogP contribution is 2.33. The van der Waals surface area contributed by atoms with Crippen LogP contribution in [-0.2, 0) is 6.54 Å². The number of pyridine rings is 1. The van der Waals surface area contributed by atoms with Crippen molar-refractivity contribution in [2.24, 2.45) is 0 Å². The Labute approximate surface area is 160 Å². The molecule has 0 atom stereocenters. The Morgan fingerprint density at radius 1 is 1.26 bits per heavy atom. The summed E-state index contributed by atoms with van der Waals surface area (Å²) in [5.74, 6) is 1.18. The lowest BCUT2D eigenvalue weighted by Crippen LogP contribution is -2.09. The SMILES string of the molecule is COc1cc2[nH]c(-c3csc(CN(C)C)c3)cc(=O)c2cc1-c1cnco1. The molecule has 0 spiro atoms. The molecule has 0 radical (unpaired) electrons. The van der Waals surface area contributed by atoms with Crippen molar-refractivity contribution >= 4 is 22.2 Å². The van der Waals surface area contributed by atoms with Crippen LogP contribution in [0.5, 0.6) is 5.75 Å². The highest BCUT2D eigenvalue weighted by Gasteiger charge is 2.14. The van der Waals surface area contributed by atoms with Gasteiger partial charge in [-0.3, -0.25) is 4.79 Å². The molecule has 0 fully saturated rings. The van der Waals surface area contributed by atoms with Gasteiger partial charge in [-0.15, -0.1) is 11.3 Å². The van der Waals surface area contributed by atoms with Crippen LogP contribution in [-0.4, -0.2) is 36.1 Å². The van der Waals surface area contributed by atoms with Gasteiger partial charge in [-0.2, -0.15) is 0 Å². The molecule has 1 aromatic carbocycles. The first kappa shape index (κ1) is 17.5. The van der Waals surface area contributed by atoms with Crippen LogP contribution < -0.4 is 10.2 Å². The third-order valence-electron chi connectivity index (χ3n) is 4.28. The highest BCUT2D eigenvalue weighted by atomic mass is 32.1. The van der Waals surface area contributed by atoms with E-state index in [1.54, 1.807) is 36.8 Å². The number of ether oxygens (including phenoxy) is 1. The minimum Gasteiger partial charge on any atom is -0.496 e. The average molecular weight is 381 g/mol. The molecule has 0 saturated heterocycles. The molecule has 6 nitrogen and oxygen atoms in total. The van der Waals surface area contributed by atoms with E-state index >= 15 is 0 Å². The number of nitrogens with zero attached hydrogens (tertiary/aromatic N) is 2. The molecule has 27 heavy (non-hydrogen) atoms. The summed E-state index contributed by atoms with van der Waals surface area (Å²) in [7, 11) is 5.67. The highest BCUT2D eigenvalue weighted by molar-refractivity contribution is 7.10. The van der Waals surface area contributed by atoms with Crippen LogP contribution in [0.25, 0.3) is 33.5 Å². The molecule has 4 rings (SSSR count). The monoisotopic (exact) mass is 381 g/mol. The van der Waals surface area contributed by atoms with Crippen molar-refractivity contribution in [2.45, 2.75) is 6.54 Å². The predicted molar refractivity (Wildman–Crippen MR) is 107 cm³/mol. The largest absolute Gasteiger partial charge is 0.496 e. The van der Waals surface area contributed by atoms with Gasteiger partial charge < -0.3 is 19.0 Å². The van der Waals surface area contributed by atoms with E-state index in [0.717, 1.165) is 23.3 Å². The van der Waals surface area contributed by atoms with Gasteiger partial charge in [0.15, 0.2) is 17.6 Å². The van der Waals surface area contributed by atoms with Crippen LogP contribution >= 0.6 is 11.3 Å². The van der Waals surface area contributed by atoms with Gasteiger partial charge in [-0.05, 0) is 26.2 Å². The van der Waals surface area contributed by atoms with E-state index in [-0.39, 0.29) is 5.43 Å². The maximum Gasteiger partial charge on any atom is 0.190 e. The average Bonchev–Trinajstić information content (AvgIpc) is 3.32. The number of H-pyrrole nitrogens is 1. The van der Waals surface area contributed by atoms with Gasteiger partial charge in [0, 0.05) is 39.9 Å². The van der Waals surface area contributed by atoms with E-state index in [1.807, 2.05) is 20.2 Å². The normalized spacial score (nSPS) is 11.4. The van der Waals surface area contributed by atoms with Gasteiger partial charge in [-0.25, -0.2) is 4.98 Å². The molecule has 0 aliphatic heterocycles. The summed E-state index contributed by atoms with van der Waals surface area (Å²) < 4.78 is 10.9. The zero-order valence-electron chi connectivity index (χ0n) is 15.3. The number of hydrogen-bond acceptors (Lipinski definition) is 6. The first-order valence-electron chi connectivity index (χ1n) is 8.41. The van der Waals surface area contributed by atoms with Crippen LogP contribution in [0.3, 0.4) is 0 Å². The number of rotatable bonds is 5. The Kier molecular flexibility index (Phi) is 4.55. The van der Waals surface area contributed by atoms with Crippen LogP contribution in [0.4, 0.5) is 0 Å². The Morgan fingerprint density at radius 2 is 2.11 bits per heavy atom. The summed E-state index contributed by atoms with van der Waals surface area (Å²) in [4.78, 5) is 23.4. The molecule has 0 amide bonds. The zero-order chi connectivity index (χ0) is 19.0. The van der Waals surface area contributed by atoms with Gasteiger partial charge >= 0.3 is 0 Å². The summed E-state index contributed by atoms with van der Waals surface area (Å²) >= 11 is 1.68. The van der Waals surface area contributed by atoms with Crippen molar-refractivity contribution in [1.82, 2.24) is 14.9 Å². The number of oxazole rings is 1. The number of thiophene rings is 1. The molecule has 0 saturated carbocycles. The van der Waals surface area contributed by atoms with Gasteiger partial charge in [0.1, 0.15) is 5.75 Å².